The topological polar surface area (TPSA) is 34.0 Å². The van der Waals surface area contributed by atoms with Crippen LogP contribution in [0.1, 0.15) is 38.8 Å². The van der Waals surface area contributed by atoms with Gasteiger partial charge in [0.05, 0.1) is 6.04 Å². The molecule has 1 N–H and O–H groups in total. The average molecular weight is 270 g/mol. The minimum absolute atomic E-state index is 0.0372. The number of benzene rings is 1. The molecule has 0 aliphatic carbocycles. The molecule has 0 radical (unpaired) electrons. The molecule has 1 amide bonds. The van der Waals surface area contributed by atoms with E-state index in [0.29, 0.717) is 0 Å². The summed E-state index contributed by atoms with van der Waals surface area (Å²) in [4.78, 5) is 11.9. The standard InChI is InChI=1S/C17H22N2O/c1-4-13(2)17(20)18-14(3)15-7-9-16(10-8-15)19-11-5-6-12-19/h5-14H,4H2,1-3H3,(H,18,20)/t13-,14+/m1/s1. The monoisotopic (exact) mass is 270 g/mol. The zero-order valence-electron chi connectivity index (χ0n) is 12.3. The van der Waals surface area contributed by atoms with Crippen molar-refractivity contribution in [1.82, 2.24) is 9.88 Å². The number of rotatable bonds is 5. The number of carbonyl (C=O) groups is 1. The predicted molar refractivity (Wildman–Crippen MR) is 81.8 cm³/mol. The Labute approximate surface area is 120 Å². The Bertz CT molecular complexity index is 543. The lowest BCUT2D eigenvalue weighted by molar-refractivity contribution is -0.125. The molecule has 0 saturated carbocycles. The lowest BCUT2D eigenvalue weighted by atomic mass is 10.0. The molecule has 0 aliphatic heterocycles. The molecule has 0 saturated heterocycles. The number of nitrogens with zero attached hydrogens (tertiary/aromatic N) is 1. The number of hydrogen-bond donors (Lipinski definition) is 1. The first kappa shape index (κ1) is 14.4. The molecule has 1 heterocycles. The van der Waals surface area contributed by atoms with Crippen LogP contribution in [0, 0.1) is 5.92 Å². The Balaban J connectivity index is 2.04. The summed E-state index contributed by atoms with van der Waals surface area (Å²) in [6, 6.07) is 12.3. The smallest absolute Gasteiger partial charge is 0.223 e. The summed E-state index contributed by atoms with van der Waals surface area (Å²) in [5, 5.41) is 3.06. The van der Waals surface area contributed by atoms with Gasteiger partial charge < -0.3 is 9.88 Å². The molecule has 0 fully saturated rings. The largest absolute Gasteiger partial charge is 0.349 e. The molecule has 2 aromatic rings. The van der Waals surface area contributed by atoms with Crippen LogP contribution in [0.2, 0.25) is 0 Å². The van der Waals surface area contributed by atoms with Gasteiger partial charge in [0.25, 0.3) is 0 Å². The minimum atomic E-state index is 0.0372. The maximum atomic E-state index is 11.9. The number of carbonyl (C=O) groups excluding carboxylic acids is 1. The van der Waals surface area contributed by atoms with Crippen molar-refractivity contribution in [2.45, 2.75) is 33.2 Å². The van der Waals surface area contributed by atoms with Gasteiger partial charge in [0.1, 0.15) is 0 Å². The third kappa shape index (κ3) is 3.29. The summed E-state index contributed by atoms with van der Waals surface area (Å²) in [7, 11) is 0. The average Bonchev–Trinajstić information content (AvgIpc) is 3.00. The van der Waals surface area contributed by atoms with Crippen molar-refractivity contribution in [3.8, 4) is 5.69 Å². The van der Waals surface area contributed by atoms with E-state index in [-0.39, 0.29) is 17.9 Å². The van der Waals surface area contributed by atoms with Gasteiger partial charge in [0, 0.05) is 24.0 Å². The lowest BCUT2D eigenvalue weighted by Crippen LogP contribution is -2.31. The Hall–Kier alpha value is -2.03. The fourth-order valence-electron chi connectivity index (χ4n) is 2.07. The van der Waals surface area contributed by atoms with Crippen LogP contribution < -0.4 is 5.32 Å². The number of amides is 1. The van der Waals surface area contributed by atoms with Crippen molar-refractivity contribution in [2.75, 3.05) is 0 Å². The van der Waals surface area contributed by atoms with Gasteiger partial charge in [-0.2, -0.15) is 0 Å². The molecule has 106 valence electrons. The molecule has 0 unspecified atom stereocenters. The molecule has 3 heteroatoms. The van der Waals surface area contributed by atoms with Crippen molar-refractivity contribution in [3.05, 3.63) is 54.4 Å². The van der Waals surface area contributed by atoms with Gasteiger partial charge in [-0.25, -0.2) is 0 Å². The van der Waals surface area contributed by atoms with Gasteiger partial charge in [-0.1, -0.05) is 26.0 Å². The summed E-state index contributed by atoms with van der Waals surface area (Å²) in [6.45, 7) is 6.00. The van der Waals surface area contributed by atoms with Crippen LogP contribution in [0.15, 0.2) is 48.8 Å². The van der Waals surface area contributed by atoms with Crippen LogP contribution in [-0.2, 0) is 4.79 Å². The highest BCUT2D eigenvalue weighted by Crippen LogP contribution is 2.16. The third-order valence-corrected chi connectivity index (χ3v) is 3.71. The molecule has 2 rings (SSSR count). The lowest BCUT2D eigenvalue weighted by Gasteiger charge is -2.17. The van der Waals surface area contributed by atoms with E-state index in [2.05, 4.69) is 34.1 Å². The van der Waals surface area contributed by atoms with Gasteiger partial charge in [-0.15, -0.1) is 0 Å². The highest BCUT2D eigenvalue weighted by Gasteiger charge is 2.14. The zero-order chi connectivity index (χ0) is 14.5. The van der Waals surface area contributed by atoms with E-state index in [1.54, 1.807) is 0 Å². The van der Waals surface area contributed by atoms with E-state index in [9.17, 15) is 4.79 Å². The van der Waals surface area contributed by atoms with E-state index in [4.69, 9.17) is 0 Å². The highest BCUT2D eigenvalue weighted by molar-refractivity contribution is 5.78. The van der Waals surface area contributed by atoms with Gasteiger partial charge in [0.15, 0.2) is 0 Å². The molecular weight excluding hydrogens is 248 g/mol. The van der Waals surface area contributed by atoms with Gasteiger partial charge >= 0.3 is 0 Å². The number of nitrogens with one attached hydrogen (secondary N) is 1. The summed E-state index contributed by atoms with van der Waals surface area (Å²) in [5.41, 5.74) is 2.25. The van der Waals surface area contributed by atoms with E-state index in [1.807, 2.05) is 45.3 Å². The van der Waals surface area contributed by atoms with Crippen LogP contribution in [0.3, 0.4) is 0 Å². The molecule has 3 nitrogen and oxygen atoms in total. The van der Waals surface area contributed by atoms with Gasteiger partial charge in [-0.3, -0.25) is 4.79 Å². The van der Waals surface area contributed by atoms with E-state index < -0.39 is 0 Å². The van der Waals surface area contributed by atoms with Gasteiger partial charge in [0.2, 0.25) is 5.91 Å². The Morgan fingerprint density at radius 2 is 1.75 bits per heavy atom. The van der Waals surface area contributed by atoms with Gasteiger partial charge in [-0.05, 0) is 43.2 Å². The molecular formula is C17H22N2O. The minimum Gasteiger partial charge on any atom is -0.349 e. The SMILES string of the molecule is CC[C@@H](C)C(=O)N[C@@H](C)c1ccc(-n2cccc2)cc1. The maximum Gasteiger partial charge on any atom is 0.223 e. The molecule has 0 aliphatic rings. The molecule has 2 atom stereocenters. The summed E-state index contributed by atoms with van der Waals surface area (Å²) < 4.78 is 2.06. The molecule has 0 spiro atoms. The Kier molecular flexibility index (Phi) is 4.61. The fraction of sp³-hybridized carbons (Fsp3) is 0.353. The van der Waals surface area contributed by atoms with Crippen molar-refractivity contribution in [3.63, 3.8) is 0 Å². The first-order chi connectivity index (χ1) is 9.61. The Morgan fingerprint density at radius 3 is 2.30 bits per heavy atom. The summed E-state index contributed by atoms with van der Waals surface area (Å²) >= 11 is 0. The van der Waals surface area contributed by atoms with Crippen molar-refractivity contribution in [1.29, 1.82) is 0 Å². The first-order valence-corrected chi connectivity index (χ1v) is 7.15. The molecule has 0 bridgehead atoms. The van der Waals surface area contributed by atoms with E-state index >= 15 is 0 Å². The van der Waals surface area contributed by atoms with Crippen molar-refractivity contribution < 1.29 is 4.79 Å². The maximum absolute atomic E-state index is 11.9. The first-order valence-electron chi connectivity index (χ1n) is 7.15. The quantitative estimate of drug-likeness (QED) is 0.883. The molecule has 1 aromatic carbocycles. The normalized spacial score (nSPS) is 13.8. The van der Waals surface area contributed by atoms with Crippen LogP contribution in [0.5, 0.6) is 0 Å². The third-order valence-electron chi connectivity index (χ3n) is 3.71. The van der Waals surface area contributed by atoms with Crippen LogP contribution in [-0.4, -0.2) is 10.5 Å². The second kappa shape index (κ2) is 6.42. The van der Waals surface area contributed by atoms with Crippen molar-refractivity contribution in [2.24, 2.45) is 5.92 Å². The van der Waals surface area contributed by atoms with Crippen LogP contribution in [0.25, 0.3) is 5.69 Å². The molecule has 20 heavy (non-hydrogen) atoms. The second-order valence-corrected chi connectivity index (χ2v) is 5.22. The number of hydrogen-bond acceptors (Lipinski definition) is 1. The molecule has 1 aromatic heterocycles. The summed E-state index contributed by atoms with van der Waals surface area (Å²) in [5.74, 6) is 0.186. The zero-order valence-corrected chi connectivity index (χ0v) is 12.3. The van der Waals surface area contributed by atoms with Crippen molar-refractivity contribution >= 4 is 5.91 Å². The summed E-state index contributed by atoms with van der Waals surface area (Å²) in [6.07, 6.45) is 4.90. The fourth-order valence-corrected chi connectivity index (χ4v) is 2.07. The van der Waals surface area contributed by atoms with E-state index in [0.717, 1.165) is 17.7 Å². The van der Waals surface area contributed by atoms with Crippen LogP contribution >= 0.6 is 0 Å². The predicted octanol–water partition coefficient (Wildman–Crippen LogP) is 3.70. The van der Waals surface area contributed by atoms with Crippen LogP contribution in [0.4, 0.5) is 0 Å². The second-order valence-electron chi connectivity index (χ2n) is 5.22. The number of aromatic nitrogens is 1. The highest BCUT2D eigenvalue weighted by atomic mass is 16.1. The Morgan fingerprint density at radius 1 is 1.15 bits per heavy atom. The van der Waals surface area contributed by atoms with E-state index in [1.165, 1.54) is 0 Å².